The summed E-state index contributed by atoms with van der Waals surface area (Å²) in [6, 6.07) is 8.81. The maximum Gasteiger partial charge on any atom is 0.355 e. The number of rotatable bonds is 9. The number of aromatic carboxylic acids is 1. The number of hydrogen-bond donors (Lipinski definition) is 2. The Labute approximate surface area is 239 Å². The zero-order chi connectivity index (χ0) is 28.9. The van der Waals surface area contributed by atoms with Gasteiger partial charge in [-0.15, -0.1) is 11.3 Å². The summed E-state index contributed by atoms with van der Waals surface area (Å²) in [5.41, 5.74) is 3.93. The van der Waals surface area contributed by atoms with Crippen molar-refractivity contribution in [3.05, 3.63) is 81.5 Å². The van der Waals surface area contributed by atoms with E-state index >= 15 is 0 Å². The minimum Gasteiger partial charge on any atom is -0.476 e. The number of carbonyl (C=O) groups is 1. The molecule has 41 heavy (non-hydrogen) atoms. The van der Waals surface area contributed by atoms with Gasteiger partial charge in [-0.25, -0.2) is 36.8 Å². The van der Waals surface area contributed by atoms with Crippen molar-refractivity contribution in [3.8, 4) is 16.4 Å². The molecule has 3 N–H and O–H groups in total. The Morgan fingerprint density at radius 2 is 1.83 bits per heavy atom. The van der Waals surface area contributed by atoms with E-state index in [4.69, 9.17) is 10.2 Å². The Kier molecular flexibility index (Phi) is 7.25. The van der Waals surface area contributed by atoms with Gasteiger partial charge in [0.25, 0.3) is 0 Å². The highest BCUT2D eigenvalue weighted by Crippen LogP contribution is 2.40. The number of nitrogens with two attached hydrogens (primary N) is 1. The predicted molar refractivity (Wildman–Crippen MR) is 150 cm³/mol. The Hall–Kier alpha value is -3.48. The van der Waals surface area contributed by atoms with Crippen LogP contribution in [-0.2, 0) is 22.9 Å². The van der Waals surface area contributed by atoms with Crippen LogP contribution in [0.15, 0.2) is 46.7 Å². The molecule has 0 saturated heterocycles. The quantitative estimate of drug-likeness (QED) is 0.250. The summed E-state index contributed by atoms with van der Waals surface area (Å²) in [5.74, 6) is -1.80. The standard InChI is InChI=1S/C29H28F2N4O4S2/c30-22-9-8-19(14-20(22)18-3-1-2-4-18)27-21(11-17-7-10-26(23(31)12-17)41(32,38)39)25(13-16-5-6-16)35(34-27)29-33-24(15-40-29)28(36)37/h7-10,12,14-16,18H,1-6,11,13H2,(H,36,37)(H2,32,38,39). The molecule has 2 aromatic carbocycles. The van der Waals surface area contributed by atoms with E-state index in [9.17, 15) is 27.1 Å². The molecule has 2 saturated carbocycles. The molecule has 214 valence electrons. The van der Waals surface area contributed by atoms with Crippen LogP contribution >= 0.6 is 11.3 Å². The molecule has 0 atom stereocenters. The summed E-state index contributed by atoms with van der Waals surface area (Å²) >= 11 is 1.16. The fourth-order valence-corrected chi connectivity index (χ4v) is 7.02. The van der Waals surface area contributed by atoms with Crippen molar-refractivity contribution in [3.63, 3.8) is 0 Å². The van der Waals surface area contributed by atoms with Gasteiger partial charge < -0.3 is 5.11 Å². The van der Waals surface area contributed by atoms with Crippen molar-refractivity contribution in [1.29, 1.82) is 0 Å². The summed E-state index contributed by atoms with van der Waals surface area (Å²) in [6.45, 7) is 0. The van der Waals surface area contributed by atoms with Crippen molar-refractivity contribution in [1.82, 2.24) is 14.8 Å². The first kappa shape index (κ1) is 27.7. The Balaban J connectivity index is 1.52. The lowest BCUT2D eigenvalue weighted by Gasteiger charge is -2.13. The normalized spacial score (nSPS) is 16.0. The first-order chi connectivity index (χ1) is 19.6. The average molecular weight is 599 g/mol. The molecule has 0 unspecified atom stereocenters. The fourth-order valence-electron chi connectivity index (χ4n) is 5.66. The molecule has 2 aliphatic carbocycles. The molecule has 2 aliphatic rings. The molecule has 12 heteroatoms. The third kappa shape index (κ3) is 5.68. The molecule has 0 radical (unpaired) electrons. The maximum atomic E-state index is 15.0. The summed E-state index contributed by atoms with van der Waals surface area (Å²) in [5, 5.41) is 21.4. The SMILES string of the molecule is NS(=O)(=O)c1ccc(Cc2c(-c3ccc(F)c(C4CCCC4)c3)nn(-c3nc(C(=O)O)cs3)c2CC2CC2)cc1F. The van der Waals surface area contributed by atoms with Gasteiger partial charge in [0.05, 0.1) is 11.4 Å². The number of nitrogens with zero attached hydrogens (tertiary/aromatic N) is 3. The second-order valence-corrected chi connectivity index (χ2v) is 13.2. The van der Waals surface area contributed by atoms with Gasteiger partial charge >= 0.3 is 5.97 Å². The molecule has 0 bridgehead atoms. The molecule has 2 heterocycles. The van der Waals surface area contributed by atoms with Gasteiger partial charge in [-0.05, 0) is 85.4 Å². The van der Waals surface area contributed by atoms with E-state index in [-0.39, 0.29) is 23.8 Å². The zero-order valence-electron chi connectivity index (χ0n) is 22.0. The van der Waals surface area contributed by atoms with Gasteiger partial charge in [-0.2, -0.15) is 5.10 Å². The van der Waals surface area contributed by atoms with Gasteiger partial charge in [-0.3, -0.25) is 0 Å². The van der Waals surface area contributed by atoms with E-state index in [0.29, 0.717) is 39.9 Å². The lowest BCUT2D eigenvalue weighted by molar-refractivity contribution is 0.0691. The largest absolute Gasteiger partial charge is 0.476 e. The Morgan fingerprint density at radius 1 is 1.07 bits per heavy atom. The summed E-state index contributed by atoms with van der Waals surface area (Å²) < 4.78 is 55.0. The lowest BCUT2D eigenvalue weighted by Crippen LogP contribution is -2.14. The number of carboxylic acids is 1. The highest BCUT2D eigenvalue weighted by atomic mass is 32.2. The number of benzene rings is 2. The van der Waals surface area contributed by atoms with E-state index < -0.39 is 26.7 Å². The second kappa shape index (κ2) is 10.7. The highest BCUT2D eigenvalue weighted by Gasteiger charge is 2.30. The van der Waals surface area contributed by atoms with Crippen molar-refractivity contribution >= 4 is 27.3 Å². The Bertz CT molecular complexity index is 1760. The van der Waals surface area contributed by atoms with Crippen molar-refractivity contribution in [2.75, 3.05) is 0 Å². The number of aromatic nitrogens is 3. The van der Waals surface area contributed by atoms with Gasteiger partial charge in [0.2, 0.25) is 15.2 Å². The van der Waals surface area contributed by atoms with Crippen LogP contribution in [0, 0.1) is 17.6 Å². The van der Waals surface area contributed by atoms with E-state index in [1.165, 1.54) is 17.5 Å². The monoisotopic (exact) mass is 598 g/mol. The fraction of sp³-hybridized carbons (Fsp3) is 0.345. The van der Waals surface area contributed by atoms with Crippen LogP contribution < -0.4 is 5.14 Å². The second-order valence-electron chi connectivity index (χ2n) is 10.9. The molecular formula is C29H28F2N4O4S2. The number of sulfonamides is 1. The number of carboxylic acid groups (broad SMARTS) is 1. The van der Waals surface area contributed by atoms with Crippen molar-refractivity contribution in [2.24, 2.45) is 11.1 Å². The van der Waals surface area contributed by atoms with Crippen LogP contribution in [-0.4, -0.2) is 34.3 Å². The highest BCUT2D eigenvalue weighted by molar-refractivity contribution is 7.89. The van der Waals surface area contributed by atoms with Crippen LogP contribution in [0.4, 0.5) is 8.78 Å². The van der Waals surface area contributed by atoms with E-state index in [1.807, 2.05) is 6.07 Å². The smallest absolute Gasteiger partial charge is 0.355 e. The van der Waals surface area contributed by atoms with Crippen LogP contribution in [0.5, 0.6) is 0 Å². The topological polar surface area (TPSA) is 128 Å². The van der Waals surface area contributed by atoms with Gasteiger partial charge in [-0.1, -0.05) is 18.9 Å². The Morgan fingerprint density at radius 3 is 2.46 bits per heavy atom. The predicted octanol–water partition coefficient (Wildman–Crippen LogP) is 5.82. The van der Waals surface area contributed by atoms with Gasteiger partial charge in [0.15, 0.2) is 5.69 Å². The third-order valence-electron chi connectivity index (χ3n) is 7.91. The zero-order valence-corrected chi connectivity index (χ0v) is 23.6. The first-order valence-electron chi connectivity index (χ1n) is 13.5. The van der Waals surface area contributed by atoms with Crippen LogP contribution in [0.1, 0.15) is 77.3 Å². The molecule has 6 rings (SSSR count). The summed E-state index contributed by atoms with van der Waals surface area (Å²) in [7, 11) is -4.23. The maximum absolute atomic E-state index is 15.0. The van der Waals surface area contributed by atoms with Crippen LogP contribution in [0.2, 0.25) is 0 Å². The summed E-state index contributed by atoms with van der Waals surface area (Å²) in [6.07, 6.45) is 6.88. The molecule has 0 aliphatic heterocycles. The number of primary sulfonamides is 1. The molecule has 4 aromatic rings. The molecule has 0 amide bonds. The molecule has 8 nitrogen and oxygen atoms in total. The van der Waals surface area contributed by atoms with Crippen molar-refractivity contribution < 1.29 is 27.1 Å². The molecule has 0 spiro atoms. The van der Waals surface area contributed by atoms with E-state index in [0.717, 1.165) is 73.3 Å². The minimum atomic E-state index is -4.23. The lowest BCUT2D eigenvalue weighted by atomic mass is 9.92. The molecule has 2 aromatic heterocycles. The summed E-state index contributed by atoms with van der Waals surface area (Å²) in [4.78, 5) is 15.3. The number of hydrogen-bond acceptors (Lipinski definition) is 6. The minimum absolute atomic E-state index is 0.0908. The number of halogens is 2. The van der Waals surface area contributed by atoms with E-state index in [2.05, 4.69) is 4.98 Å². The first-order valence-corrected chi connectivity index (χ1v) is 15.9. The molecular weight excluding hydrogens is 570 g/mol. The molecule has 2 fully saturated rings. The van der Waals surface area contributed by atoms with Crippen LogP contribution in [0.25, 0.3) is 16.4 Å². The van der Waals surface area contributed by atoms with Gasteiger partial charge in [0.1, 0.15) is 16.5 Å². The average Bonchev–Trinajstić information content (AvgIpc) is 3.29. The van der Waals surface area contributed by atoms with Gasteiger partial charge in [0, 0.05) is 22.9 Å². The van der Waals surface area contributed by atoms with E-state index in [1.54, 1.807) is 10.7 Å². The third-order valence-corrected chi connectivity index (χ3v) is 9.67. The van der Waals surface area contributed by atoms with Crippen LogP contribution in [0.3, 0.4) is 0 Å². The van der Waals surface area contributed by atoms with Crippen molar-refractivity contribution in [2.45, 2.75) is 62.2 Å². The number of thiazole rings is 1.